The van der Waals surface area contributed by atoms with Gasteiger partial charge < -0.3 is 33.8 Å². The van der Waals surface area contributed by atoms with Crippen LogP contribution in [0.25, 0.3) is 10.9 Å². The van der Waals surface area contributed by atoms with Gasteiger partial charge in [-0.15, -0.1) is 0 Å². The van der Waals surface area contributed by atoms with Crippen molar-refractivity contribution in [1.29, 1.82) is 0 Å². The summed E-state index contributed by atoms with van der Waals surface area (Å²) in [7, 11) is 3.43. The zero-order chi connectivity index (χ0) is 40.8. The van der Waals surface area contributed by atoms with Gasteiger partial charge in [-0.2, -0.15) is 5.10 Å². The lowest BCUT2D eigenvalue weighted by atomic mass is 9.94. The number of fused-ring (bicyclic) bond motifs is 2. The number of aromatic amines is 1. The van der Waals surface area contributed by atoms with Crippen LogP contribution in [0, 0.1) is 5.92 Å². The van der Waals surface area contributed by atoms with Crippen LogP contribution in [0.4, 0.5) is 5.69 Å². The fourth-order valence-corrected chi connectivity index (χ4v) is 9.43. The molecule has 1 aromatic heterocycles. The van der Waals surface area contributed by atoms with E-state index in [0.717, 1.165) is 129 Å². The summed E-state index contributed by atoms with van der Waals surface area (Å²) in [5, 5.41) is 11.0. The molecule has 15 nitrogen and oxygen atoms in total. The predicted molar refractivity (Wildman–Crippen MR) is 224 cm³/mol. The monoisotopic (exact) mass is 805 g/mol. The first-order valence-electron chi connectivity index (χ1n) is 21.2. The third kappa shape index (κ3) is 7.94. The lowest BCUT2D eigenvalue weighted by Crippen LogP contribution is -2.53. The van der Waals surface area contributed by atoms with Crippen molar-refractivity contribution in [2.24, 2.45) is 15.9 Å². The standard InChI is InChI=1S/C44H55N9O6/c1-44(15-16-44)59-29-5-7-34-32(21-29)40(49-48-34)35(45-2)22-38(46-3)52-24-30(25-52)58-28-13-17-50(18-14-28)23-27-11-19-51(20-12-27)36-8-6-31-33(41(36)57-4)26-53(43(31)56)37-9-10-39(54)47-42(37)55/h5-8,21-22,27-28,30,37H,3,9-20,23-26H2,1-2,4H3,(H,48,49)(H,47,54,55)/b38-22+,45-35+. The molecular weight excluding hydrogens is 751 g/mol. The van der Waals surface area contributed by atoms with Crippen LogP contribution in [0.5, 0.6) is 11.5 Å². The summed E-state index contributed by atoms with van der Waals surface area (Å²) in [4.78, 5) is 55.3. The normalized spacial score (nSPS) is 23.4. The van der Waals surface area contributed by atoms with Gasteiger partial charge in [0.05, 0.1) is 48.5 Å². The number of H-pyrrole nitrogens is 1. The first-order valence-corrected chi connectivity index (χ1v) is 21.2. The van der Waals surface area contributed by atoms with Crippen molar-refractivity contribution >= 4 is 46.7 Å². The number of carbonyl (C=O) groups excluding carboxylic acids is 3. The maximum atomic E-state index is 13.4. The molecule has 9 rings (SSSR count). The number of nitrogens with one attached hydrogen (secondary N) is 2. The fraction of sp³-hybridized carbons (Fsp3) is 0.545. The highest BCUT2D eigenvalue weighted by Crippen LogP contribution is 2.42. The number of ether oxygens (including phenoxy) is 3. The van der Waals surface area contributed by atoms with Gasteiger partial charge in [-0.05, 0) is 94.8 Å². The Morgan fingerprint density at radius 1 is 1.02 bits per heavy atom. The van der Waals surface area contributed by atoms with Gasteiger partial charge in [-0.1, -0.05) is 0 Å². The largest absolute Gasteiger partial charge is 0.494 e. The lowest BCUT2D eigenvalue weighted by molar-refractivity contribution is -0.136. The zero-order valence-corrected chi connectivity index (χ0v) is 34.4. The number of methoxy groups -OCH3 is 1. The quantitative estimate of drug-likeness (QED) is 0.189. The van der Waals surface area contributed by atoms with E-state index in [1.165, 1.54) is 0 Å². The van der Waals surface area contributed by atoms with Crippen LogP contribution in [-0.4, -0.2) is 139 Å². The lowest BCUT2D eigenvalue weighted by Gasteiger charge is -2.44. The van der Waals surface area contributed by atoms with Crippen molar-refractivity contribution in [3.8, 4) is 11.5 Å². The minimum absolute atomic E-state index is 0.0620. The number of benzene rings is 2. The second kappa shape index (κ2) is 16.1. The summed E-state index contributed by atoms with van der Waals surface area (Å²) < 4.78 is 18.7. The molecule has 3 aromatic rings. The van der Waals surface area contributed by atoms with Crippen LogP contribution in [0.1, 0.15) is 79.9 Å². The number of hydrogen-bond donors (Lipinski definition) is 2. The highest BCUT2D eigenvalue weighted by molar-refractivity contribution is 6.15. The summed E-state index contributed by atoms with van der Waals surface area (Å²) in [5.74, 6) is 2.05. The van der Waals surface area contributed by atoms with Crippen LogP contribution in [-0.2, 0) is 20.9 Å². The van der Waals surface area contributed by atoms with Crippen LogP contribution >= 0.6 is 0 Å². The molecule has 2 N–H and O–H groups in total. The van der Waals surface area contributed by atoms with Crippen LogP contribution in [0.2, 0.25) is 0 Å². The van der Waals surface area contributed by atoms with Gasteiger partial charge in [-0.3, -0.25) is 29.8 Å². The molecule has 6 heterocycles. The maximum absolute atomic E-state index is 13.4. The second-order valence-electron chi connectivity index (χ2n) is 17.2. The van der Waals surface area contributed by atoms with Gasteiger partial charge in [-0.25, -0.2) is 4.99 Å². The molecule has 6 aliphatic rings. The summed E-state index contributed by atoms with van der Waals surface area (Å²) in [6.45, 7) is 12.8. The van der Waals surface area contributed by atoms with E-state index in [1.54, 1.807) is 19.1 Å². The van der Waals surface area contributed by atoms with E-state index in [1.807, 2.05) is 36.4 Å². The van der Waals surface area contributed by atoms with Gasteiger partial charge in [0, 0.05) is 81.9 Å². The van der Waals surface area contributed by atoms with E-state index in [-0.39, 0.29) is 36.0 Å². The highest BCUT2D eigenvalue weighted by Gasteiger charge is 2.42. The first kappa shape index (κ1) is 39.2. The van der Waals surface area contributed by atoms with Crippen LogP contribution in [0.3, 0.4) is 0 Å². The number of piperidine rings is 3. The fourth-order valence-electron chi connectivity index (χ4n) is 9.43. The molecule has 15 heteroatoms. The minimum Gasteiger partial charge on any atom is -0.494 e. The molecule has 0 spiro atoms. The van der Waals surface area contributed by atoms with E-state index in [0.29, 0.717) is 30.2 Å². The molecule has 1 unspecified atom stereocenters. The number of hydrogen-bond acceptors (Lipinski definition) is 12. The Balaban J connectivity index is 0.727. The number of imide groups is 1. The van der Waals surface area contributed by atoms with Crippen molar-refractivity contribution in [1.82, 2.24) is 30.2 Å². The average molecular weight is 806 g/mol. The second-order valence-corrected chi connectivity index (χ2v) is 17.2. The zero-order valence-electron chi connectivity index (χ0n) is 34.4. The van der Waals surface area contributed by atoms with E-state index in [9.17, 15) is 14.4 Å². The average Bonchev–Trinajstić information content (AvgIpc) is 3.65. The van der Waals surface area contributed by atoms with Crippen molar-refractivity contribution in [3.63, 3.8) is 0 Å². The first-order chi connectivity index (χ1) is 28.6. The molecule has 1 aliphatic carbocycles. The third-order valence-electron chi connectivity index (χ3n) is 13.2. The topological polar surface area (TPSA) is 157 Å². The molecular formula is C44H55N9O6. The van der Waals surface area contributed by atoms with Gasteiger partial charge >= 0.3 is 0 Å². The number of amides is 3. The van der Waals surface area contributed by atoms with Crippen molar-refractivity contribution in [2.45, 2.75) is 88.7 Å². The Morgan fingerprint density at radius 3 is 2.49 bits per heavy atom. The third-order valence-corrected chi connectivity index (χ3v) is 13.2. The Morgan fingerprint density at radius 2 is 1.80 bits per heavy atom. The number of nitrogens with zero attached hydrogens (tertiary/aromatic N) is 7. The molecule has 2 aromatic carbocycles. The number of allylic oxidation sites excluding steroid dienone is 1. The predicted octanol–water partition coefficient (Wildman–Crippen LogP) is 4.31. The molecule has 5 aliphatic heterocycles. The van der Waals surface area contributed by atoms with Gasteiger partial charge in [0.25, 0.3) is 5.91 Å². The molecule has 1 saturated carbocycles. The number of carbonyl (C=O) groups is 3. The van der Waals surface area contributed by atoms with E-state index < -0.39 is 11.9 Å². The summed E-state index contributed by atoms with van der Waals surface area (Å²) >= 11 is 0. The number of aliphatic imine (C=N–C) groups is 2. The molecule has 0 radical (unpaired) electrons. The Labute approximate surface area is 344 Å². The van der Waals surface area contributed by atoms with Gasteiger partial charge in [0.15, 0.2) is 0 Å². The Hall–Kier alpha value is -5.28. The Bertz CT molecular complexity index is 2190. The highest BCUT2D eigenvalue weighted by atomic mass is 16.5. The van der Waals surface area contributed by atoms with Crippen molar-refractivity contribution in [3.05, 3.63) is 59.0 Å². The van der Waals surface area contributed by atoms with E-state index >= 15 is 0 Å². The molecule has 3 amide bonds. The minimum atomic E-state index is -0.649. The summed E-state index contributed by atoms with van der Waals surface area (Å²) in [5.41, 5.74) is 4.77. The number of rotatable bonds is 13. The SMILES string of the molecule is C=N/C(=C\C(=N/C)c1[nH]nc2ccc(OC3(C)CC3)cc12)N1CC(OC2CCN(CC3CCN(c4ccc5c(c4OC)CN(C4CCC(=O)NC4=O)C5=O)CC3)CC2)C1. The molecule has 4 saturated heterocycles. The van der Waals surface area contributed by atoms with E-state index in [4.69, 9.17) is 14.2 Å². The maximum Gasteiger partial charge on any atom is 0.255 e. The summed E-state index contributed by atoms with van der Waals surface area (Å²) in [6.07, 6.45) is 9.33. The molecule has 5 fully saturated rings. The van der Waals surface area contributed by atoms with Crippen LogP contribution in [0.15, 0.2) is 52.2 Å². The molecule has 59 heavy (non-hydrogen) atoms. The van der Waals surface area contributed by atoms with Crippen LogP contribution < -0.4 is 19.7 Å². The number of aromatic nitrogens is 2. The van der Waals surface area contributed by atoms with Gasteiger partial charge in [0.2, 0.25) is 11.8 Å². The van der Waals surface area contributed by atoms with Gasteiger partial charge in [0.1, 0.15) is 29.0 Å². The smallest absolute Gasteiger partial charge is 0.255 e. The van der Waals surface area contributed by atoms with Crippen molar-refractivity contribution < 1.29 is 28.6 Å². The number of likely N-dealkylation sites (tertiary alicyclic amines) is 2. The summed E-state index contributed by atoms with van der Waals surface area (Å²) in [6, 6.07) is 9.21. The Kier molecular flexibility index (Phi) is 10.7. The number of anilines is 1. The molecule has 1 atom stereocenters. The molecule has 0 bridgehead atoms. The van der Waals surface area contributed by atoms with Crippen molar-refractivity contribution in [2.75, 3.05) is 64.9 Å². The van der Waals surface area contributed by atoms with E-state index in [2.05, 4.69) is 53.8 Å². The molecule has 312 valence electrons.